The topological polar surface area (TPSA) is 36.4 Å². The molecule has 2 heterocycles. The minimum atomic E-state index is -0.500. The number of anilines is 1. The summed E-state index contributed by atoms with van der Waals surface area (Å²) in [5, 5.41) is 13.8. The molecule has 19 heavy (non-hydrogen) atoms. The first-order chi connectivity index (χ1) is 9.24. The van der Waals surface area contributed by atoms with Crippen molar-refractivity contribution < 1.29 is 5.11 Å². The highest BCUT2D eigenvalue weighted by molar-refractivity contribution is 7.07. The zero-order valence-corrected chi connectivity index (χ0v) is 11.8. The standard InChI is InChI=1S/C15H18N2OS/c1-11(18)15-5-4-14(8-16-15)17(13-2-3-13)9-12-6-7-19-10-12/h4-8,10-11,13,18H,2-3,9H2,1H3/t11-/m0/s1. The molecule has 0 radical (unpaired) electrons. The summed E-state index contributed by atoms with van der Waals surface area (Å²) in [6.07, 6.45) is 3.91. The Morgan fingerprint density at radius 1 is 1.42 bits per heavy atom. The summed E-state index contributed by atoms with van der Waals surface area (Å²) < 4.78 is 0. The van der Waals surface area contributed by atoms with Gasteiger partial charge in [-0.1, -0.05) is 0 Å². The number of hydrogen-bond donors (Lipinski definition) is 1. The van der Waals surface area contributed by atoms with Crippen LogP contribution >= 0.6 is 11.3 Å². The molecular weight excluding hydrogens is 256 g/mol. The van der Waals surface area contributed by atoms with Crippen LogP contribution in [-0.2, 0) is 6.54 Å². The van der Waals surface area contributed by atoms with Gasteiger partial charge < -0.3 is 10.0 Å². The van der Waals surface area contributed by atoms with Crippen molar-refractivity contribution in [1.82, 2.24) is 4.98 Å². The molecule has 2 aromatic rings. The van der Waals surface area contributed by atoms with Gasteiger partial charge in [-0.05, 0) is 54.3 Å². The quantitative estimate of drug-likeness (QED) is 0.908. The molecular formula is C15H18N2OS. The highest BCUT2D eigenvalue weighted by atomic mass is 32.1. The van der Waals surface area contributed by atoms with Crippen LogP contribution in [0, 0.1) is 0 Å². The van der Waals surface area contributed by atoms with E-state index in [-0.39, 0.29) is 0 Å². The summed E-state index contributed by atoms with van der Waals surface area (Å²) in [6, 6.07) is 6.82. The van der Waals surface area contributed by atoms with Gasteiger partial charge in [0.1, 0.15) is 0 Å². The first-order valence-corrected chi connectivity index (χ1v) is 7.60. The maximum absolute atomic E-state index is 9.51. The maximum atomic E-state index is 9.51. The molecule has 0 aliphatic heterocycles. The third kappa shape index (κ3) is 2.96. The van der Waals surface area contributed by atoms with Crippen LogP contribution in [0.5, 0.6) is 0 Å². The van der Waals surface area contributed by atoms with Crippen LogP contribution in [0.25, 0.3) is 0 Å². The molecule has 0 spiro atoms. The van der Waals surface area contributed by atoms with Gasteiger partial charge >= 0.3 is 0 Å². The van der Waals surface area contributed by atoms with Crippen LogP contribution in [0.3, 0.4) is 0 Å². The Morgan fingerprint density at radius 2 is 2.26 bits per heavy atom. The normalized spacial score (nSPS) is 16.3. The molecule has 3 nitrogen and oxygen atoms in total. The van der Waals surface area contributed by atoms with E-state index in [0.717, 1.165) is 17.9 Å². The number of thiophene rings is 1. The minimum absolute atomic E-state index is 0.500. The minimum Gasteiger partial charge on any atom is -0.387 e. The molecule has 2 aromatic heterocycles. The fourth-order valence-corrected chi connectivity index (χ4v) is 2.87. The Labute approximate surface area is 117 Å². The molecule has 1 atom stereocenters. The molecule has 0 aromatic carbocycles. The van der Waals surface area contributed by atoms with Crippen molar-refractivity contribution >= 4 is 17.0 Å². The number of aliphatic hydroxyl groups excluding tert-OH is 1. The van der Waals surface area contributed by atoms with Crippen LogP contribution in [-0.4, -0.2) is 16.1 Å². The van der Waals surface area contributed by atoms with Crippen LogP contribution in [0.1, 0.15) is 37.1 Å². The molecule has 4 heteroatoms. The second-order valence-electron chi connectivity index (χ2n) is 5.11. The fraction of sp³-hybridized carbons (Fsp3) is 0.400. The highest BCUT2D eigenvalue weighted by Gasteiger charge is 2.29. The van der Waals surface area contributed by atoms with E-state index in [2.05, 4.69) is 32.8 Å². The lowest BCUT2D eigenvalue weighted by molar-refractivity contribution is 0.194. The summed E-state index contributed by atoms with van der Waals surface area (Å²) in [6.45, 7) is 2.69. The molecule has 0 unspecified atom stereocenters. The highest BCUT2D eigenvalue weighted by Crippen LogP contribution is 2.33. The van der Waals surface area contributed by atoms with Crippen LogP contribution in [0.4, 0.5) is 5.69 Å². The molecule has 1 fully saturated rings. The van der Waals surface area contributed by atoms with Crippen molar-refractivity contribution in [3.8, 4) is 0 Å². The number of aliphatic hydroxyl groups is 1. The number of aromatic nitrogens is 1. The molecule has 0 amide bonds. The van der Waals surface area contributed by atoms with Gasteiger partial charge in [-0.25, -0.2) is 0 Å². The van der Waals surface area contributed by atoms with Gasteiger partial charge in [-0.15, -0.1) is 0 Å². The zero-order chi connectivity index (χ0) is 13.2. The van der Waals surface area contributed by atoms with Crippen molar-refractivity contribution in [3.63, 3.8) is 0 Å². The zero-order valence-electron chi connectivity index (χ0n) is 11.0. The Kier molecular flexibility index (Phi) is 3.53. The number of rotatable bonds is 5. The van der Waals surface area contributed by atoms with E-state index < -0.39 is 6.10 Å². The summed E-state index contributed by atoms with van der Waals surface area (Å²) >= 11 is 1.74. The largest absolute Gasteiger partial charge is 0.387 e. The van der Waals surface area contributed by atoms with E-state index in [4.69, 9.17) is 0 Å². The lowest BCUT2D eigenvalue weighted by Gasteiger charge is -2.24. The third-order valence-corrected chi connectivity index (χ3v) is 4.18. The fourth-order valence-electron chi connectivity index (χ4n) is 2.21. The molecule has 0 saturated heterocycles. The van der Waals surface area contributed by atoms with Gasteiger partial charge in [0, 0.05) is 12.6 Å². The van der Waals surface area contributed by atoms with Crippen molar-refractivity contribution in [3.05, 3.63) is 46.4 Å². The van der Waals surface area contributed by atoms with Gasteiger partial charge in [0.25, 0.3) is 0 Å². The lowest BCUT2D eigenvalue weighted by Crippen LogP contribution is -2.24. The SMILES string of the molecule is C[C@H](O)c1ccc(N(Cc2ccsc2)C2CC2)cn1. The van der Waals surface area contributed by atoms with Gasteiger partial charge in [-0.3, -0.25) is 4.98 Å². The average molecular weight is 274 g/mol. The first-order valence-electron chi connectivity index (χ1n) is 6.66. The smallest absolute Gasteiger partial charge is 0.0931 e. The van der Waals surface area contributed by atoms with E-state index in [0.29, 0.717) is 6.04 Å². The van der Waals surface area contributed by atoms with Crippen LogP contribution in [0.2, 0.25) is 0 Å². The van der Waals surface area contributed by atoms with Crippen molar-refractivity contribution in [2.75, 3.05) is 4.90 Å². The Hall–Kier alpha value is -1.39. The van der Waals surface area contributed by atoms with E-state index in [1.54, 1.807) is 18.3 Å². The predicted octanol–water partition coefficient (Wildman–Crippen LogP) is 3.37. The molecule has 1 N–H and O–H groups in total. The number of hydrogen-bond acceptors (Lipinski definition) is 4. The third-order valence-electron chi connectivity index (χ3n) is 3.45. The molecule has 1 aliphatic rings. The second kappa shape index (κ2) is 5.31. The summed E-state index contributed by atoms with van der Waals surface area (Å²) in [5.41, 5.74) is 3.24. The second-order valence-corrected chi connectivity index (χ2v) is 5.89. The average Bonchev–Trinajstić information content (AvgIpc) is 3.13. The van der Waals surface area contributed by atoms with E-state index in [1.807, 2.05) is 12.3 Å². The monoisotopic (exact) mass is 274 g/mol. The maximum Gasteiger partial charge on any atom is 0.0931 e. The Bertz CT molecular complexity index is 518. The molecule has 100 valence electrons. The summed E-state index contributed by atoms with van der Waals surface area (Å²) in [5.74, 6) is 0. The van der Waals surface area contributed by atoms with Gasteiger partial charge in [-0.2, -0.15) is 11.3 Å². The van der Waals surface area contributed by atoms with E-state index in [1.165, 1.54) is 18.4 Å². The van der Waals surface area contributed by atoms with E-state index >= 15 is 0 Å². The van der Waals surface area contributed by atoms with Crippen molar-refractivity contribution in [2.24, 2.45) is 0 Å². The molecule has 0 bridgehead atoms. The van der Waals surface area contributed by atoms with Crippen molar-refractivity contribution in [1.29, 1.82) is 0 Å². The van der Waals surface area contributed by atoms with Gasteiger partial charge in [0.05, 0.1) is 23.7 Å². The summed E-state index contributed by atoms with van der Waals surface area (Å²) in [7, 11) is 0. The number of nitrogens with zero attached hydrogens (tertiary/aromatic N) is 2. The lowest BCUT2D eigenvalue weighted by atomic mass is 10.2. The van der Waals surface area contributed by atoms with E-state index in [9.17, 15) is 5.11 Å². The molecule has 1 aliphatic carbocycles. The predicted molar refractivity (Wildman–Crippen MR) is 78.4 cm³/mol. The van der Waals surface area contributed by atoms with Gasteiger partial charge in [0.15, 0.2) is 0 Å². The number of pyridine rings is 1. The summed E-state index contributed by atoms with van der Waals surface area (Å²) in [4.78, 5) is 6.77. The molecule has 3 rings (SSSR count). The Balaban J connectivity index is 1.79. The van der Waals surface area contributed by atoms with Gasteiger partial charge in [0.2, 0.25) is 0 Å². The molecule has 1 saturated carbocycles. The first kappa shape index (κ1) is 12.6. The Morgan fingerprint density at radius 3 is 2.79 bits per heavy atom. The van der Waals surface area contributed by atoms with Crippen molar-refractivity contribution in [2.45, 2.75) is 38.5 Å². The van der Waals surface area contributed by atoms with Crippen LogP contribution in [0.15, 0.2) is 35.2 Å². The van der Waals surface area contributed by atoms with Crippen LogP contribution < -0.4 is 4.90 Å².